The zero-order valence-electron chi connectivity index (χ0n) is 16.0. The third-order valence-electron chi connectivity index (χ3n) is 4.18. The van der Waals surface area contributed by atoms with Crippen LogP contribution in [-0.2, 0) is 21.9 Å². The second-order valence-electron chi connectivity index (χ2n) is 6.58. The lowest BCUT2D eigenvalue weighted by atomic mass is 9.84. The molecule has 142 valence electrons. The van der Waals surface area contributed by atoms with Gasteiger partial charge in [-0.15, -0.1) is 0 Å². The molecule has 0 aromatic heterocycles. The molecule has 1 aromatic carbocycles. The predicted molar refractivity (Wildman–Crippen MR) is 106 cm³/mol. The first-order valence-corrected chi connectivity index (χ1v) is 10.4. The average molecular weight is 369 g/mol. The molecule has 0 saturated carbocycles. The maximum Gasteiger partial charge on any atom is 0.211 e. The van der Waals surface area contributed by atoms with Crippen molar-refractivity contribution in [3.63, 3.8) is 0 Å². The summed E-state index contributed by atoms with van der Waals surface area (Å²) in [5, 5.41) is 6.43. The number of hydrogen-bond acceptors (Lipinski definition) is 3. The fraction of sp³-hybridized carbons (Fsp3) is 0.611. The second-order valence-corrected chi connectivity index (χ2v) is 8.68. The van der Waals surface area contributed by atoms with Crippen LogP contribution in [0.4, 0.5) is 0 Å². The van der Waals surface area contributed by atoms with Gasteiger partial charge in [0.25, 0.3) is 0 Å². The summed E-state index contributed by atoms with van der Waals surface area (Å²) in [5.41, 5.74) is 2.55. The van der Waals surface area contributed by atoms with Crippen LogP contribution in [-0.4, -0.2) is 46.8 Å². The Kier molecular flexibility index (Phi) is 8.38. The van der Waals surface area contributed by atoms with Gasteiger partial charge in [-0.05, 0) is 24.5 Å². The predicted octanol–water partition coefficient (Wildman–Crippen LogP) is 1.63. The highest BCUT2D eigenvalue weighted by atomic mass is 32.2. The van der Waals surface area contributed by atoms with Crippen LogP contribution < -0.4 is 15.4 Å². The molecule has 0 saturated heterocycles. The molecule has 0 fully saturated rings. The summed E-state index contributed by atoms with van der Waals surface area (Å²) in [4.78, 5) is 4.18. The topological polar surface area (TPSA) is 82.6 Å². The van der Waals surface area contributed by atoms with Crippen LogP contribution in [0.3, 0.4) is 0 Å². The van der Waals surface area contributed by atoms with Crippen molar-refractivity contribution in [3.05, 3.63) is 35.4 Å². The molecule has 0 radical (unpaired) electrons. The highest BCUT2D eigenvalue weighted by Gasteiger charge is 2.20. The molecule has 25 heavy (non-hydrogen) atoms. The van der Waals surface area contributed by atoms with Gasteiger partial charge in [-0.25, -0.2) is 13.1 Å². The number of nitrogens with zero attached hydrogens (tertiary/aromatic N) is 1. The molecule has 0 atom stereocenters. The first-order chi connectivity index (χ1) is 11.7. The fourth-order valence-electron chi connectivity index (χ4n) is 2.31. The van der Waals surface area contributed by atoms with E-state index in [0.29, 0.717) is 19.0 Å². The van der Waals surface area contributed by atoms with E-state index >= 15 is 0 Å². The molecule has 0 aliphatic carbocycles. The Labute approximate surface area is 152 Å². The van der Waals surface area contributed by atoms with Crippen molar-refractivity contribution in [2.75, 3.05) is 32.4 Å². The normalized spacial score (nSPS) is 12.9. The molecule has 1 aromatic rings. The molecular formula is C18H32N4O2S. The van der Waals surface area contributed by atoms with Crippen molar-refractivity contribution in [3.8, 4) is 0 Å². The summed E-state index contributed by atoms with van der Waals surface area (Å²) in [5.74, 6) is 0.749. The summed E-state index contributed by atoms with van der Waals surface area (Å²) >= 11 is 0. The van der Waals surface area contributed by atoms with E-state index in [2.05, 4.69) is 65.4 Å². The molecule has 0 bridgehead atoms. The molecule has 7 heteroatoms. The number of nitrogens with one attached hydrogen (secondary N) is 3. The lowest BCUT2D eigenvalue weighted by molar-refractivity contribution is 0.508. The van der Waals surface area contributed by atoms with Gasteiger partial charge in [-0.1, -0.05) is 45.0 Å². The first-order valence-electron chi connectivity index (χ1n) is 8.75. The Morgan fingerprint density at radius 3 is 2.24 bits per heavy atom. The van der Waals surface area contributed by atoms with Crippen molar-refractivity contribution in [1.82, 2.24) is 15.4 Å². The van der Waals surface area contributed by atoms with Crippen LogP contribution in [0.25, 0.3) is 0 Å². The van der Waals surface area contributed by atoms with E-state index in [9.17, 15) is 8.42 Å². The Hall–Kier alpha value is -1.60. The number of sulfonamides is 1. The smallest absolute Gasteiger partial charge is 0.211 e. The number of rotatable bonds is 9. The van der Waals surface area contributed by atoms with Gasteiger partial charge in [0, 0.05) is 32.1 Å². The van der Waals surface area contributed by atoms with E-state index in [-0.39, 0.29) is 11.2 Å². The maximum absolute atomic E-state index is 11.4. The summed E-state index contributed by atoms with van der Waals surface area (Å²) in [6.07, 6.45) is 1.04. The Morgan fingerprint density at radius 2 is 1.72 bits per heavy atom. The van der Waals surface area contributed by atoms with Crippen LogP contribution in [0, 0.1) is 0 Å². The third-order valence-corrected chi connectivity index (χ3v) is 5.59. The molecular weight excluding hydrogens is 336 g/mol. The van der Waals surface area contributed by atoms with Gasteiger partial charge >= 0.3 is 0 Å². The Balaban J connectivity index is 2.49. The lowest BCUT2D eigenvalue weighted by Gasteiger charge is -2.27. The monoisotopic (exact) mass is 368 g/mol. The second kappa shape index (κ2) is 9.77. The van der Waals surface area contributed by atoms with Crippen molar-refractivity contribution >= 4 is 16.0 Å². The molecule has 0 amide bonds. The first kappa shape index (κ1) is 21.4. The standard InChI is InChI=1S/C18H32N4O2S/c1-6-15-8-10-16(11-9-15)18(3,4)14-21-17(19-5)20-12-13-22-25(23,24)7-2/h8-11,22H,6-7,12-14H2,1-5H3,(H2,19,20,21). The minimum atomic E-state index is -3.15. The van der Waals surface area contributed by atoms with Gasteiger partial charge < -0.3 is 10.6 Å². The van der Waals surface area contributed by atoms with Gasteiger partial charge in [0.05, 0.1) is 5.75 Å². The van der Waals surface area contributed by atoms with E-state index in [1.807, 2.05) is 0 Å². The van der Waals surface area contributed by atoms with E-state index in [4.69, 9.17) is 0 Å². The number of benzene rings is 1. The van der Waals surface area contributed by atoms with Gasteiger partial charge in [0.2, 0.25) is 10.0 Å². The van der Waals surface area contributed by atoms with E-state index in [0.717, 1.165) is 13.0 Å². The van der Waals surface area contributed by atoms with Crippen molar-refractivity contribution in [1.29, 1.82) is 0 Å². The zero-order valence-corrected chi connectivity index (χ0v) is 16.8. The summed E-state index contributed by atoms with van der Waals surface area (Å²) in [7, 11) is -1.45. The van der Waals surface area contributed by atoms with E-state index < -0.39 is 10.0 Å². The molecule has 3 N–H and O–H groups in total. The molecule has 0 aliphatic rings. The quantitative estimate of drug-likeness (QED) is 0.351. The molecule has 6 nitrogen and oxygen atoms in total. The molecule has 0 heterocycles. The van der Waals surface area contributed by atoms with Crippen LogP contribution in [0.2, 0.25) is 0 Å². The highest BCUT2D eigenvalue weighted by Crippen LogP contribution is 2.22. The maximum atomic E-state index is 11.4. The average Bonchev–Trinajstić information content (AvgIpc) is 2.61. The lowest BCUT2D eigenvalue weighted by Crippen LogP contribution is -2.45. The number of hydrogen-bond donors (Lipinski definition) is 3. The van der Waals surface area contributed by atoms with Gasteiger partial charge in [-0.3, -0.25) is 4.99 Å². The Bertz CT molecular complexity index is 652. The molecule has 1 rings (SSSR count). The largest absolute Gasteiger partial charge is 0.356 e. The van der Waals surface area contributed by atoms with E-state index in [1.165, 1.54) is 11.1 Å². The summed E-state index contributed by atoms with van der Waals surface area (Å²) in [6, 6.07) is 8.69. The number of aliphatic imine (C=N–C) groups is 1. The minimum absolute atomic E-state index is 0.0479. The number of aryl methyl sites for hydroxylation is 1. The zero-order chi connectivity index (χ0) is 18.9. The van der Waals surface area contributed by atoms with E-state index in [1.54, 1.807) is 14.0 Å². The number of guanidine groups is 1. The van der Waals surface area contributed by atoms with Gasteiger partial charge in [-0.2, -0.15) is 0 Å². The summed E-state index contributed by atoms with van der Waals surface area (Å²) in [6.45, 7) is 9.67. The molecule has 0 unspecified atom stereocenters. The van der Waals surface area contributed by atoms with Crippen LogP contribution in [0.1, 0.15) is 38.8 Å². The fourth-order valence-corrected chi connectivity index (χ4v) is 2.93. The summed E-state index contributed by atoms with van der Waals surface area (Å²) < 4.78 is 25.3. The van der Waals surface area contributed by atoms with Crippen molar-refractivity contribution < 1.29 is 8.42 Å². The highest BCUT2D eigenvalue weighted by molar-refractivity contribution is 7.89. The Morgan fingerprint density at radius 1 is 1.08 bits per heavy atom. The van der Waals surface area contributed by atoms with Crippen molar-refractivity contribution in [2.45, 2.75) is 39.5 Å². The van der Waals surface area contributed by atoms with Crippen LogP contribution in [0.15, 0.2) is 29.3 Å². The molecule has 0 spiro atoms. The van der Waals surface area contributed by atoms with Crippen molar-refractivity contribution in [2.24, 2.45) is 4.99 Å². The SMILES string of the molecule is CCc1ccc(C(C)(C)CNC(=NC)NCCNS(=O)(=O)CC)cc1. The van der Waals surface area contributed by atoms with Gasteiger partial charge in [0.1, 0.15) is 0 Å². The third kappa shape index (κ3) is 7.44. The minimum Gasteiger partial charge on any atom is -0.356 e. The van der Waals surface area contributed by atoms with Gasteiger partial charge in [0.15, 0.2) is 5.96 Å². The van der Waals surface area contributed by atoms with Crippen LogP contribution >= 0.6 is 0 Å². The molecule has 0 aliphatic heterocycles. The van der Waals surface area contributed by atoms with Crippen LogP contribution in [0.5, 0.6) is 0 Å².